The minimum Gasteiger partial charge on any atom is -0.507 e. The average molecular weight is 666 g/mol. The summed E-state index contributed by atoms with van der Waals surface area (Å²) in [5.41, 5.74) is 2.88. The molecule has 1 amide bonds. The predicted molar refractivity (Wildman–Crippen MR) is 172 cm³/mol. The van der Waals surface area contributed by atoms with Crippen LogP contribution < -0.4 is 5.32 Å². The van der Waals surface area contributed by atoms with Gasteiger partial charge in [0.15, 0.2) is 0 Å². The third kappa shape index (κ3) is 14.2. The lowest BCUT2D eigenvalue weighted by Gasteiger charge is -2.37. The van der Waals surface area contributed by atoms with E-state index >= 15 is 0 Å². The maximum atomic E-state index is 13.1. The van der Waals surface area contributed by atoms with Crippen LogP contribution in [0.1, 0.15) is 40.1 Å². The summed E-state index contributed by atoms with van der Waals surface area (Å²) in [5.74, 6) is -1.84. The molecule has 0 bridgehead atoms. The summed E-state index contributed by atoms with van der Waals surface area (Å²) in [6.07, 6.45) is 1.43. The number of aromatic hydroxyl groups is 1. The number of aromatic carboxylic acids is 1. The number of hydrogen-bond acceptors (Lipinski definition) is 9. The fourth-order valence-corrected chi connectivity index (χ4v) is 4.39. The number of rotatable bonds is 7. The van der Waals surface area contributed by atoms with Gasteiger partial charge in [0.05, 0.1) is 29.3 Å². The van der Waals surface area contributed by atoms with E-state index in [-0.39, 0.29) is 22.6 Å². The van der Waals surface area contributed by atoms with Crippen LogP contribution >= 0.6 is 0 Å². The Morgan fingerprint density at radius 1 is 0.800 bits per heavy atom. The highest BCUT2D eigenvalue weighted by atomic mass is 32.2. The van der Waals surface area contributed by atoms with E-state index in [2.05, 4.69) is 29.0 Å². The molecule has 15 heteroatoms. The van der Waals surface area contributed by atoms with Gasteiger partial charge in [-0.05, 0) is 54.8 Å². The zero-order valence-corrected chi connectivity index (χ0v) is 27.0. The van der Waals surface area contributed by atoms with Gasteiger partial charge in [-0.2, -0.15) is 16.8 Å². The highest BCUT2D eigenvalue weighted by Gasteiger charge is 2.21. The smallest absolute Gasteiger partial charge is 0.337 e. The molecule has 45 heavy (non-hydrogen) atoms. The Kier molecular flexibility index (Phi) is 13.6. The van der Waals surface area contributed by atoms with Crippen LogP contribution in [-0.2, 0) is 26.8 Å². The number of phenolic OH excluding ortho intramolecular Hbond substituents is 1. The van der Waals surface area contributed by atoms with Gasteiger partial charge in [0.1, 0.15) is 5.75 Å². The number of nitrogens with zero attached hydrogens (tertiary/aromatic N) is 2. The second-order valence-corrected chi connectivity index (χ2v) is 13.5. The maximum Gasteiger partial charge on any atom is 0.337 e. The van der Waals surface area contributed by atoms with Crippen molar-refractivity contribution in [2.45, 2.75) is 26.4 Å². The first kappa shape index (κ1) is 37.3. The van der Waals surface area contributed by atoms with Crippen LogP contribution in [0, 0.1) is 0 Å². The number of carboxylic acids is 1. The number of anilines is 1. The minimum absolute atomic E-state index is 0.0169. The Morgan fingerprint density at radius 2 is 1.36 bits per heavy atom. The summed E-state index contributed by atoms with van der Waals surface area (Å²) in [6.45, 7) is 8.95. The first-order valence-corrected chi connectivity index (χ1v) is 17.4. The molecule has 4 rings (SSSR count). The van der Waals surface area contributed by atoms with Crippen LogP contribution in [0.3, 0.4) is 0 Å². The highest BCUT2D eigenvalue weighted by molar-refractivity contribution is 7.85. The third-order valence-corrected chi connectivity index (χ3v) is 6.45. The van der Waals surface area contributed by atoms with Crippen LogP contribution in [-0.4, -0.2) is 103 Å². The SMILES string of the molecule is CC(C)N1CCN(Cc2ccc(O)c(C(=O)Nc3cc(-c4ccccc4)ccc3C(=O)O)c2)CC1.CS(=O)(=O)O.CS(=O)(=O)O. The van der Waals surface area contributed by atoms with Gasteiger partial charge in [0, 0.05) is 38.8 Å². The monoisotopic (exact) mass is 665 g/mol. The number of carbonyl (C=O) groups excluding carboxylic acids is 1. The molecule has 1 heterocycles. The van der Waals surface area contributed by atoms with Gasteiger partial charge in [0.25, 0.3) is 26.1 Å². The van der Waals surface area contributed by atoms with Crippen molar-refractivity contribution in [1.29, 1.82) is 0 Å². The zero-order valence-electron chi connectivity index (χ0n) is 25.4. The molecule has 5 N–H and O–H groups in total. The molecule has 0 atom stereocenters. The lowest BCUT2D eigenvalue weighted by molar-refractivity contribution is 0.0698. The molecule has 0 unspecified atom stereocenters. The molecule has 0 saturated carbocycles. The van der Waals surface area contributed by atoms with Gasteiger partial charge < -0.3 is 15.5 Å². The molecule has 246 valence electrons. The average Bonchev–Trinajstić information content (AvgIpc) is 2.93. The van der Waals surface area contributed by atoms with Gasteiger partial charge >= 0.3 is 5.97 Å². The normalized spacial score (nSPS) is 14.0. The van der Waals surface area contributed by atoms with E-state index < -0.39 is 32.1 Å². The van der Waals surface area contributed by atoms with Crippen LogP contribution in [0.2, 0.25) is 0 Å². The first-order valence-electron chi connectivity index (χ1n) is 13.7. The Bertz CT molecular complexity index is 1630. The molecule has 13 nitrogen and oxygen atoms in total. The van der Waals surface area contributed by atoms with Crippen molar-refractivity contribution in [3.63, 3.8) is 0 Å². The molecule has 0 radical (unpaired) electrons. The van der Waals surface area contributed by atoms with Crippen LogP contribution in [0.5, 0.6) is 5.75 Å². The van der Waals surface area contributed by atoms with Crippen molar-refractivity contribution in [2.24, 2.45) is 0 Å². The molecule has 3 aromatic carbocycles. The summed E-state index contributed by atoms with van der Waals surface area (Å²) in [7, 11) is -7.33. The number of carbonyl (C=O) groups is 2. The molecular weight excluding hydrogens is 626 g/mol. The van der Waals surface area contributed by atoms with Gasteiger partial charge in [0.2, 0.25) is 0 Å². The van der Waals surface area contributed by atoms with Crippen LogP contribution in [0.4, 0.5) is 5.69 Å². The Morgan fingerprint density at radius 3 is 1.87 bits per heavy atom. The maximum absolute atomic E-state index is 13.1. The zero-order chi connectivity index (χ0) is 33.9. The predicted octanol–water partition coefficient (Wildman–Crippen LogP) is 3.54. The minimum atomic E-state index is -3.67. The molecule has 0 aromatic heterocycles. The first-order chi connectivity index (χ1) is 20.8. The molecule has 1 aliphatic rings. The molecule has 0 spiro atoms. The number of piperazine rings is 1. The van der Waals surface area contributed by atoms with Crippen LogP contribution in [0.15, 0.2) is 66.7 Å². The van der Waals surface area contributed by atoms with Crippen molar-refractivity contribution >= 4 is 37.8 Å². The quantitative estimate of drug-likeness (QED) is 0.230. The topological polar surface area (TPSA) is 202 Å². The Hall–Kier alpha value is -3.86. The fourth-order valence-electron chi connectivity index (χ4n) is 4.39. The number of nitrogens with one attached hydrogen (secondary N) is 1. The largest absolute Gasteiger partial charge is 0.507 e. The summed E-state index contributed by atoms with van der Waals surface area (Å²) in [4.78, 5) is 29.7. The highest BCUT2D eigenvalue weighted by Crippen LogP contribution is 2.28. The van der Waals surface area contributed by atoms with Gasteiger partial charge in [-0.1, -0.05) is 42.5 Å². The number of benzene rings is 3. The number of carboxylic acid groups (broad SMARTS) is 1. The van der Waals surface area contributed by atoms with Crippen molar-refractivity contribution in [2.75, 3.05) is 44.0 Å². The Balaban J connectivity index is 0.000000613. The summed E-state index contributed by atoms with van der Waals surface area (Å²) in [5, 5.41) is 22.7. The summed E-state index contributed by atoms with van der Waals surface area (Å²) < 4.78 is 51.7. The van der Waals surface area contributed by atoms with E-state index in [4.69, 9.17) is 9.11 Å². The van der Waals surface area contributed by atoms with E-state index in [9.17, 15) is 36.6 Å². The number of amides is 1. The molecule has 1 fully saturated rings. The molecule has 0 aliphatic carbocycles. The second-order valence-electron chi connectivity index (χ2n) is 10.6. The van der Waals surface area contributed by atoms with Crippen molar-refractivity contribution in [3.05, 3.63) is 83.4 Å². The van der Waals surface area contributed by atoms with Crippen molar-refractivity contribution < 1.29 is 45.7 Å². The van der Waals surface area contributed by atoms with Gasteiger partial charge in [-0.3, -0.25) is 23.7 Å². The number of phenols is 1. The summed E-state index contributed by atoms with van der Waals surface area (Å²) >= 11 is 0. The standard InChI is InChI=1S/C28H31N3O4.2CH4O3S/c1-19(2)31-14-12-30(13-15-31)18-20-8-11-26(32)24(16-20)27(33)29-25-17-22(9-10-23(25)28(34)35)21-6-4-3-5-7-21;2*1-5(2,3)4/h3-11,16-17,19,32H,12-15,18H2,1-2H3,(H,29,33)(H,34,35);2*1H3,(H,2,3,4). The molecule has 1 aliphatic heterocycles. The van der Waals surface area contributed by atoms with Crippen LogP contribution in [0.25, 0.3) is 11.1 Å². The lowest BCUT2D eigenvalue weighted by atomic mass is 10.0. The number of hydrogen-bond donors (Lipinski definition) is 5. The van der Waals surface area contributed by atoms with E-state index in [1.165, 1.54) is 12.1 Å². The van der Waals surface area contributed by atoms with E-state index in [1.54, 1.807) is 18.2 Å². The third-order valence-electron chi connectivity index (χ3n) is 6.45. The van der Waals surface area contributed by atoms with Crippen molar-refractivity contribution in [3.8, 4) is 16.9 Å². The lowest BCUT2D eigenvalue weighted by Crippen LogP contribution is -2.48. The van der Waals surface area contributed by atoms with Crippen molar-refractivity contribution in [1.82, 2.24) is 9.80 Å². The van der Waals surface area contributed by atoms with Gasteiger partial charge in [-0.15, -0.1) is 0 Å². The van der Waals surface area contributed by atoms with Gasteiger partial charge in [-0.25, -0.2) is 4.79 Å². The van der Waals surface area contributed by atoms with E-state index in [0.717, 1.165) is 42.9 Å². The second kappa shape index (κ2) is 16.5. The fraction of sp³-hybridized carbons (Fsp3) is 0.333. The molecular formula is C30H39N3O10S2. The van der Waals surface area contributed by atoms with E-state index in [0.29, 0.717) is 25.1 Å². The van der Waals surface area contributed by atoms with E-state index in [1.807, 2.05) is 36.4 Å². The molecule has 1 saturated heterocycles. The summed E-state index contributed by atoms with van der Waals surface area (Å²) in [6, 6.07) is 19.9. The Labute approximate surface area is 263 Å². The molecule has 3 aromatic rings.